The maximum absolute atomic E-state index is 12.2. The molecule has 0 aromatic heterocycles. The number of ether oxygens (including phenoxy) is 2. The van der Waals surface area contributed by atoms with Crippen LogP contribution >= 0.6 is 0 Å². The van der Waals surface area contributed by atoms with Crippen molar-refractivity contribution in [2.24, 2.45) is 11.8 Å². The number of carbonyl (C=O) groups is 1. The summed E-state index contributed by atoms with van der Waals surface area (Å²) in [5, 5.41) is 3.12. The predicted molar refractivity (Wildman–Crippen MR) is 84.9 cm³/mol. The van der Waals surface area contributed by atoms with Crippen molar-refractivity contribution in [3.8, 4) is 11.5 Å². The van der Waals surface area contributed by atoms with E-state index in [1.165, 1.54) is 0 Å². The SMILES string of the molecule is COc1ccc(CC(=O)NC(C(C)C)C(C)C)cc1OC. The molecule has 0 aliphatic heterocycles. The zero-order valence-electron chi connectivity index (χ0n) is 13.9. The van der Waals surface area contributed by atoms with Crippen molar-refractivity contribution >= 4 is 5.91 Å². The molecular weight excluding hydrogens is 266 g/mol. The zero-order chi connectivity index (χ0) is 16.0. The van der Waals surface area contributed by atoms with Crippen LogP contribution in [0.15, 0.2) is 18.2 Å². The van der Waals surface area contributed by atoms with Crippen LogP contribution in [0.5, 0.6) is 11.5 Å². The molecule has 0 bridgehead atoms. The average molecular weight is 293 g/mol. The molecule has 4 nitrogen and oxygen atoms in total. The summed E-state index contributed by atoms with van der Waals surface area (Å²) in [6.45, 7) is 8.51. The van der Waals surface area contributed by atoms with E-state index in [9.17, 15) is 4.79 Å². The van der Waals surface area contributed by atoms with E-state index < -0.39 is 0 Å². The summed E-state index contributed by atoms with van der Waals surface area (Å²) in [6, 6.07) is 5.75. The Bertz CT molecular complexity index is 461. The standard InChI is InChI=1S/C17H27NO3/c1-11(2)17(12(3)4)18-16(19)10-13-7-8-14(20-5)15(9-13)21-6/h7-9,11-12,17H,10H2,1-6H3,(H,18,19). The first-order valence-corrected chi connectivity index (χ1v) is 7.39. The number of hydrogen-bond donors (Lipinski definition) is 1. The van der Waals surface area contributed by atoms with Crippen molar-refractivity contribution in [1.29, 1.82) is 0 Å². The van der Waals surface area contributed by atoms with E-state index in [0.717, 1.165) is 5.56 Å². The van der Waals surface area contributed by atoms with Crippen LogP contribution in [-0.4, -0.2) is 26.2 Å². The van der Waals surface area contributed by atoms with Gasteiger partial charge in [-0.05, 0) is 29.5 Å². The molecule has 1 amide bonds. The fourth-order valence-electron chi connectivity index (χ4n) is 2.52. The molecule has 0 unspecified atom stereocenters. The van der Waals surface area contributed by atoms with E-state index in [2.05, 4.69) is 33.0 Å². The first kappa shape index (κ1) is 17.3. The minimum absolute atomic E-state index is 0.0367. The van der Waals surface area contributed by atoms with E-state index in [1.54, 1.807) is 14.2 Å². The summed E-state index contributed by atoms with van der Waals surface area (Å²) in [5.41, 5.74) is 0.913. The van der Waals surface area contributed by atoms with Crippen molar-refractivity contribution in [1.82, 2.24) is 5.32 Å². The molecule has 0 atom stereocenters. The van der Waals surface area contributed by atoms with Gasteiger partial charge in [-0.2, -0.15) is 0 Å². The third-order valence-corrected chi connectivity index (χ3v) is 3.58. The fourth-order valence-corrected chi connectivity index (χ4v) is 2.52. The molecule has 0 spiro atoms. The topological polar surface area (TPSA) is 47.6 Å². The van der Waals surface area contributed by atoms with E-state index in [4.69, 9.17) is 9.47 Å². The maximum atomic E-state index is 12.2. The van der Waals surface area contributed by atoms with Crippen molar-refractivity contribution in [3.63, 3.8) is 0 Å². The van der Waals surface area contributed by atoms with Crippen LogP contribution in [0.2, 0.25) is 0 Å². The van der Waals surface area contributed by atoms with Gasteiger partial charge in [0.2, 0.25) is 5.91 Å². The molecule has 0 saturated heterocycles. The molecular formula is C17H27NO3. The molecule has 118 valence electrons. The first-order valence-electron chi connectivity index (χ1n) is 7.39. The van der Waals surface area contributed by atoms with Gasteiger partial charge in [0.05, 0.1) is 20.6 Å². The molecule has 0 saturated carbocycles. The smallest absolute Gasteiger partial charge is 0.224 e. The van der Waals surface area contributed by atoms with Crippen LogP contribution < -0.4 is 14.8 Å². The minimum Gasteiger partial charge on any atom is -0.493 e. The van der Waals surface area contributed by atoms with Gasteiger partial charge in [-0.3, -0.25) is 4.79 Å². The van der Waals surface area contributed by atoms with Gasteiger partial charge < -0.3 is 14.8 Å². The Hall–Kier alpha value is -1.71. The highest BCUT2D eigenvalue weighted by Crippen LogP contribution is 2.27. The normalized spacial score (nSPS) is 11.1. The van der Waals surface area contributed by atoms with Crippen LogP contribution in [0.25, 0.3) is 0 Å². The average Bonchev–Trinajstić information content (AvgIpc) is 2.43. The van der Waals surface area contributed by atoms with Gasteiger partial charge in [-0.1, -0.05) is 33.8 Å². The fraction of sp³-hybridized carbons (Fsp3) is 0.588. The minimum atomic E-state index is 0.0367. The van der Waals surface area contributed by atoms with Gasteiger partial charge in [-0.15, -0.1) is 0 Å². The molecule has 0 aliphatic rings. The molecule has 0 aliphatic carbocycles. The van der Waals surface area contributed by atoms with Crippen LogP contribution in [0.4, 0.5) is 0 Å². The van der Waals surface area contributed by atoms with Crippen LogP contribution in [0.3, 0.4) is 0 Å². The Morgan fingerprint density at radius 2 is 1.62 bits per heavy atom. The molecule has 1 aromatic rings. The Balaban J connectivity index is 2.74. The van der Waals surface area contributed by atoms with Crippen molar-refractivity contribution < 1.29 is 14.3 Å². The summed E-state index contributed by atoms with van der Waals surface area (Å²) >= 11 is 0. The number of rotatable bonds is 7. The molecule has 0 radical (unpaired) electrons. The third-order valence-electron chi connectivity index (χ3n) is 3.58. The third kappa shape index (κ3) is 4.96. The summed E-state index contributed by atoms with van der Waals surface area (Å²) in [7, 11) is 3.19. The van der Waals surface area contributed by atoms with Crippen LogP contribution in [0.1, 0.15) is 33.3 Å². The summed E-state index contributed by atoms with van der Waals surface area (Å²) in [4.78, 5) is 12.2. The number of carbonyl (C=O) groups excluding carboxylic acids is 1. The van der Waals surface area contributed by atoms with Gasteiger partial charge in [0.15, 0.2) is 11.5 Å². The predicted octanol–water partition coefficient (Wildman–Crippen LogP) is 3.04. The Morgan fingerprint density at radius 1 is 1.05 bits per heavy atom. The van der Waals surface area contributed by atoms with Crippen molar-refractivity contribution in [2.45, 2.75) is 40.2 Å². The molecule has 0 heterocycles. The zero-order valence-corrected chi connectivity index (χ0v) is 13.9. The van der Waals surface area contributed by atoms with E-state index >= 15 is 0 Å². The van der Waals surface area contributed by atoms with Crippen LogP contribution in [0, 0.1) is 11.8 Å². The first-order chi connectivity index (χ1) is 9.88. The second-order valence-corrected chi connectivity index (χ2v) is 5.95. The van der Waals surface area contributed by atoms with Gasteiger partial charge in [0.25, 0.3) is 0 Å². The quantitative estimate of drug-likeness (QED) is 0.840. The number of hydrogen-bond acceptors (Lipinski definition) is 3. The highest BCUT2D eigenvalue weighted by molar-refractivity contribution is 5.79. The maximum Gasteiger partial charge on any atom is 0.224 e. The molecule has 1 aromatic carbocycles. The lowest BCUT2D eigenvalue weighted by molar-refractivity contribution is -0.121. The van der Waals surface area contributed by atoms with Crippen molar-refractivity contribution in [3.05, 3.63) is 23.8 Å². The van der Waals surface area contributed by atoms with E-state index in [1.807, 2.05) is 18.2 Å². The molecule has 0 fully saturated rings. The second kappa shape index (κ2) is 7.91. The lowest BCUT2D eigenvalue weighted by atomic mass is 9.93. The van der Waals surface area contributed by atoms with Gasteiger partial charge in [0.1, 0.15) is 0 Å². The molecule has 21 heavy (non-hydrogen) atoms. The summed E-state index contributed by atoms with van der Waals surface area (Å²) < 4.78 is 10.5. The summed E-state index contributed by atoms with van der Waals surface area (Å²) in [5.74, 6) is 2.18. The van der Waals surface area contributed by atoms with Gasteiger partial charge in [0, 0.05) is 6.04 Å². The van der Waals surface area contributed by atoms with E-state index in [0.29, 0.717) is 29.8 Å². The number of methoxy groups -OCH3 is 2. The molecule has 4 heteroatoms. The largest absolute Gasteiger partial charge is 0.493 e. The Morgan fingerprint density at radius 3 is 2.10 bits per heavy atom. The Kier molecular flexibility index (Phi) is 6.53. The summed E-state index contributed by atoms with van der Waals surface area (Å²) in [6.07, 6.45) is 0.344. The van der Waals surface area contributed by atoms with E-state index in [-0.39, 0.29) is 11.9 Å². The lowest BCUT2D eigenvalue weighted by Crippen LogP contribution is -2.42. The molecule has 1 rings (SSSR count). The highest BCUT2D eigenvalue weighted by atomic mass is 16.5. The number of benzene rings is 1. The van der Waals surface area contributed by atoms with Crippen molar-refractivity contribution in [2.75, 3.05) is 14.2 Å². The monoisotopic (exact) mass is 293 g/mol. The van der Waals surface area contributed by atoms with Gasteiger partial charge in [-0.25, -0.2) is 0 Å². The highest BCUT2D eigenvalue weighted by Gasteiger charge is 2.19. The molecule has 1 N–H and O–H groups in total. The number of nitrogens with one attached hydrogen (secondary N) is 1. The Labute approximate surface area is 127 Å². The number of amides is 1. The lowest BCUT2D eigenvalue weighted by Gasteiger charge is -2.26. The van der Waals surface area contributed by atoms with Gasteiger partial charge >= 0.3 is 0 Å². The second-order valence-electron chi connectivity index (χ2n) is 5.95. The van der Waals surface area contributed by atoms with Crippen LogP contribution in [-0.2, 0) is 11.2 Å².